The van der Waals surface area contributed by atoms with E-state index in [2.05, 4.69) is 15.1 Å². The lowest BCUT2D eigenvalue weighted by Gasteiger charge is -2.37. The van der Waals surface area contributed by atoms with Crippen LogP contribution >= 0.6 is 0 Å². The molecule has 0 radical (unpaired) electrons. The second-order valence-corrected chi connectivity index (χ2v) is 9.21. The molecule has 1 amide bonds. The predicted octanol–water partition coefficient (Wildman–Crippen LogP) is 4.40. The molecular weight excluding hydrogens is 444 g/mol. The Hall–Kier alpha value is -3.81. The molecule has 2 heterocycles. The molecule has 1 aliphatic carbocycles. The van der Waals surface area contributed by atoms with Gasteiger partial charge in [-0.15, -0.1) is 0 Å². The van der Waals surface area contributed by atoms with E-state index >= 15 is 0 Å². The molecule has 1 aromatic heterocycles. The first-order valence-corrected chi connectivity index (χ1v) is 12.1. The molecule has 35 heavy (non-hydrogen) atoms. The van der Waals surface area contributed by atoms with E-state index in [9.17, 15) is 14.7 Å². The molecule has 2 N–H and O–H groups in total. The lowest BCUT2D eigenvalue weighted by Crippen LogP contribution is -2.46. The lowest BCUT2D eigenvalue weighted by molar-refractivity contribution is -0.119. The molecule has 5 rings (SSSR count). The molecule has 3 aromatic rings. The normalized spacial score (nSPS) is 16.5. The summed E-state index contributed by atoms with van der Waals surface area (Å²) in [5.41, 5.74) is 2.55. The molecule has 0 unspecified atom stereocenters. The maximum absolute atomic E-state index is 12.5. The molecule has 182 valence electrons. The van der Waals surface area contributed by atoms with Gasteiger partial charge in [-0.25, -0.2) is 9.78 Å². The highest BCUT2D eigenvalue weighted by atomic mass is 16.5. The summed E-state index contributed by atoms with van der Waals surface area (Å²) in [6, 6.07) is 15.0. The second kappa shape index (κ2) is 9.82. The number of aromatic nitrogens is 1. The number of carboxylic acid groups (broad SMARTS) is 1. The van der Waals surface area contributed by atoms with Crippen LogP contribution in [-0.2, 0) is 4.79 Å². The number of nitrogens with zero attached hydrogens (tertiary/aromatic N) is 3. The van der Waals surface area contributed by atoms with Crippen molar-refractivity contribution in [3.8, 4) is 5.75 Å². The smallest absolute Gasteiger partial charge is 0.336 e. The van der Waals surface area contributed by atoms with Gasteiger partial charge in [-0.2, -0.15) is 0 Å². The Labute approximate surface area is 204 Å². The Bertz CT molecular complexity index is 1230. The molecule has 2 aromatic carbocycles. The number of carbonyl (C=O) groups excluding carboxylic acids is 1. The van der Waals surface area contributed by atoms with Crippen LogP contribution in [0.1, 0.15) is 36.0 Å². The van der Waals surface area contributed by atoms with Crippen molar-refractivity contribution >= 4 is 40.0 Å². The summed E-state index contributed by atoms with van der Waals surface area (Å²) >= 11 is 0. The van der Waals surface area contributed by atoms with Gasteiger partial charge in [0.1, 0.15) is 11.6 Å². The number of hydrogen-bond acceptors (Lipinski definition) is 6. The van der Waals surface area contributed by atoms with E-state index in [0.717, 1.165) is 63.3 Å². The number of benzene rings is 2. The van der Waals surface area contributed by atoms with Gasteiger partial charge in [0.15, 0.2) is 0 Å². The van der Waals surface area contributed by atoms with Crippen molar-refractivity contribution in [3.05, 3.63) is 54.1 Å². The van der Waals surface area contributed by atoms with E-state index in [-0.39, 0.29) is 17.4 Å². The van der Waals surface area contributed by atoms with E-state index in [1.54, 1.807) is 31.4 Å². The monoisotopic (exact) mass is 474 g/mol. The average Bonchev–Trinajstić information content (AvgIpc) is 3.43. The van der Waals surface area contributed by atoms with Crippen molar-refractivity contribution in [1.82, 2.24) is 4.98 Å². The third-order valence-electron chi connectivity index (χ3n) is 7.06. The molecule has 2 aliphatic rings. The Morgan fingerprint density at radius 2 is 1.66 bits per heavy atom. The van der Waals surface area contributed by atoms with Gasteiger partial charge in [-0.1, -0.05) is 12.8 Å². The quantitative estimate of drug-likeness (QED) is 0.547. The number of anilines is 3. The zero-order chi connectivity index (χ0) is 24.4. The van der Waals surface area contributed by atoms with E-state index in [0.29, 0.717) is 22.4 Å². The van der Waals surface area contributed by atoms with E-state index in [4.69, 9.17) is 9.72 Å². The van der Waals surface area contributed by atoms with Crippen LogP contribution in [0.5, 0.6) is 5.75 Å². The third kappa shape index (κ3) is 4.87. The van der Waals surface area contributed by atoms with Crippen LogP contribution in [0.2, 0.25) is 0 Å². The molecule has 1 aliphatic heterocycles. The fourth-order valence-electron chi connectivity index (χ4n) is 5.05. The van der Waals surface area contributed by atoms with Crippen molar-refractivity contribution < 1.29 is 19.4 Å². The lowest BCUT2D eigenvalue weighted by atomic mass is 10.1. The Morgan fingerprint density at radius 3 is 2.31 bits per heavy atom. The van der Waals surface area contributed by atoms with Gasteiger partial charge in [0.2, 0.25) is 5.91 Å². The summed E-state index contributed by atoms with van der Waals surface area (Å²) in [6.07, 6.45) is 3.99. The van der Waals surface area contributed by atoms with Gasteiger partial charge in [0.25, 0.3) is 0 Å². The second-order valence-electron chi connectivity index (χ2n) is 9.21. The first-order valence-electron chi connectivity index (χ1n) is 12.1. The number of carbonyl (C=O) groups is 2. The number of carboxylic acids is 1. The molecule has 2 fully saturated rings. The predicted molar refractivity (Wildman–Crippen MR) is 137 cm³/mol. The number of nitrogens with one attached hydrogen (secondary N) is 1. The average molecular weight is 475 g/mol. The first-order chi connectivity index (χ1) is 17.0. The highest BCUT2D eigenvalue weighted by molar-refractivity contribution is 6.05. The largest absolute Gasteiger partial charge is 0.497 e. The fourth-order valence-corrected chi connectivity index (χ4v) is 5.05. The van der Waals surface area contributed by atoms with Crippen LogP contribution in [0.4, 0.5) is 17.2 Å². The third-order valence-corrected chi connectivity index (χ3v) is 7.06. The van der Waals surface area contributed by atoms with E-state index in [1.165, 1.54) is 0 Å². The maximum Gasteiger partial charge on any atom is 0.336 e. The number of methoxy groups -OCH3 is 1. The van der Waals surface area contributed by atoms with Crippen LogP contribution in [0.25, 0.3) is 10.9 Å². The number of aromatic carboxylic acids is 1. The van der Waals surface area contributed by atoms with Gasteiger partial charge >= 0.3 is 5.97 Å². The summed E-state index contributed by atoms with van der Waals surface area (Å²) in [4.78, 5) is 33.9. The van der Waals surface area contributed by atoms with E-state index in [1.807, 2.05) is 24.3 Å². The molecule has 1 saturated heterocycles. The summed E-state index contributed by atoms with van der Waals surface area (Å²) in [5, 5.41) is 13.4. The first kappa shape index (κ1) is 23.0. The van der Waals surface area contributed by atoms with Crippen molar-refractivity contribution in [2.75, 3.05) is 48.4 Å². The minimum absolute atomic E-state index is 0.0121. The molecule has 8 heteroatoms. The summed E-state index contributed by atoms with van der Waals surface area (Å²) < 4.78 is 5.24. The minimum Gasteiger partial charge on any atom is -0.497 e. The van der Waals surface area contributed by atoms with Crippen molar-refractivity contribution in [2.24, 2.45) is 5.92 Å². The number of hydrogen-bond donors (Lipinski definition) is 2. The molecular formula is C27H30N4O4. The number of amides is 1. The minimum atomic E-state index is -1.00. The Balaban J connectivity index is 1.34. The van der Waals surface area contributed by atoms with Crippen LogP contribution < -0.4 is 19.9 Å². The molecule has 1 saturated carbocycles. The number of pyridine rings is 1. The van der Waals surface area contributed by atoms with Crippen molar-refractivity contribution in [1.29, 1.82) is 0 Å². The van der Waals surface area contributed by atoms with Crippen LogP contribution in [0, 0.1) is 5.92 Å². The summed E-state index contributed by atoms with van der Waals surface area (Å²) in [5.74, 6) is 0.539. The Kier molecular flexibility index (Phi) is 6.44. The van der Waals surface area contributed by atoms with Gasteiger partial charge in [0, 0.05) is 48.9 Å². The maximum atomic E-state index is 12.5. The van der Waals surface area contributed by atoms with Gasteiger partial charge < -0.3 is 25.0 Å². The zero-order valence-electron chi connectivity index (χ0n) is 19.9. The van der Waals surface area contributed by atoms with Crippen molar-refractivity contribution in [3.63, 3.8) is 0 Å². The zero-order valence-corrected chi connectivity index (χ0v) is 19.9. The molecule has 0 atom stereocenters. The summed E-state index contributed by atoms with van der Waals surface area (Å²) in [6.45, 7) is 3.08. The standard InChI is InChI=1S/C27H30N4O4/c1-35-21-9-7-20(8-10-21)30-12-14-31(15-13-30)25-17-23(27(33)34)22-16-19(6-11-24(22)29-25)28-26(32)18-4-2-3-5-18/h6-11,16-18H,2-5,12-15H2,1H3,(H,28,32)(H,33,34). The van der Waals surface area contributed by atoms with E-state index < -0.39 is 5.97 Å². The highest BCUT2D eigenvalue weighted by Gasteiger charge is 2.24. The van der Waals surface area contributed by atoms with Crippen molar-refractivity contribution in [2.45, 2.75) is 25.7 Å². The number of fused-ring (bicyclic) bond motifs is 1. The van der Waals surface area contributed by atoms with Gasteiger partial charge in [-0.05, 0) is 61.4 Å². The van der Waals surface area contributed by atoms with Crippen LogP contribution in [0.15, 0.2) is 48.5 Å². The molecule has 0 spiro atoms. The molecule has 8 nitrogen and oxygen atoms in total. The van der Waals surface area contributed by atoms with Crippen LogP contribution in [-0.4, -0.2) is 55.3 Å². The van der Waals surface area contributed by atoms with Crippen LogP contribution in [0.3, 0.4) is 0 Å². The number of piperazine rings is 1. The van der Waals surface area contributed by atoms with Gasteiger partial charge in [0.05, 0.1) is 18.2 Å². The summed E-state index contributed by atoms with van der Waals surface area (Å²) in [7, 11) is 1.66. The SMILES string of the molecule is COc1ccc(N2CCN(c3cc(C(=O)O)c4cc(NC(=O)C5CCCC5)ccc4n3)CC2)cc1. The highest BCUT2D eigenvalue weighted by Crippen LogP contribution is 2.30. The molecule has 0 bridgehead atoms. The van der Waals surface area contributed by atoms with Gasteiger partial charge in [-0.3, -0.25) is 4.79 Å². The fraction of sp³-hybridized carbons (Fsp3) is 0.370. The number of ether oxygens (including phenoxy) is 1. The Morgan fingerprint density at radius 1 is 0.971 bits per heavy atom. The topological polar surface area (TPSA) is 95.0 Å². The number of rotatable bonds is 6.